The fourth-order valence-electron chi connectivity index (χ4n) is 3.84. The van der Waals surface area contributed by atoms with Gasteiger partial charge in [-0.15, -0.1) is 11.3 Å². The number of anilines is 2. The first kappa shape index (κ1) is 21.1. The van der Waals surface area contributed by atoms with Crippen LogP contribution in [0.2, 0.25) is 0 Å². The maximum absolute atomic E-state index is 12.8. The highest BCUT2D eigenvalue weighted by Gasteiger charge is 2.27. The van der Waals surface area contributed by atoms with Gasteiger partial charge in [0, 0.05) is 16.6 Å². The predicted octanol–water partition coefficient (Wildman–Crippen LogP) is 5.84. The van der Waals surface area contributed by atoms with E-state index in [0.717, 1.165) is 43.7 Å². The number of carbonyl (C=O) groups excluding carboxylic acids is 1. The number of aromatic nitrogens is 1. The van der Waals surface area contributed by atoms with E-state index in [1.807, 2.05) is 44.2 Å². The van der Waals surface area contributed by atoms with Crippen LogP contribution in [0.5, 0.6) is 11.5 Å². The zero-order valence-electron chi connectivity index (χ0n) is 18.5. The van der Waals surface area contributed by atoms with Crippen LogP contribution in [0.4, 0.5) is 10.8 Å². The lowest BCUT2D eigenvalue weighted by molar-refractivity contribution is 0.0997. The molecule has 8 heteroatoms. The Hall–Kier alpha value is -3.78. The van der Waals surface area contributed by atoms with Gasteiger partial charge in [0.2, 0.25) is 6.79 Å². The second kappa shape index (κ2) is 8.63. The van der Waals surface area contributed by atoms with Crippen LogP contribution in [-0.2, 0) is 0 Å². The van der Waals surface area contributed by atoms with E-state index in [-0.39, 0.29) is 24.5 Å². The van der Waals surface area contributed by atoms with Gasteiger partial charge in [0.05, 0.1) is 12.3 Å². The number of hydrogen-bond donors (Lipinski definition) is 2. The van der Waals surface area contributed by atoms with E-state index >= 15 is 0 Å². The Balaban J connectivity index is 1.59. The summed E-state index contributed by atoms with van der Waals surface area (Å²) in [7, 11) is 0. The topological polar surface area (TPSA) is 85.6 Å². The van der Waals surface area contributed by atoms with Gasteiger partial charge in [0.15, 0.2) is 17.3 Å². The first-order chi connectivity index (χ1) is 16.0. The number of furan rings is 1. The second-order valence-electron chi connectivity index (χ2n) is 7.87. The zero-order chi connectivity index (χ0) is 22.9. The van der Waals surface area contributed by atoms with Crippen molar-refractivity contribution in [3.8, 4) is 11.5 Å². The highest BCUT2D eigenvalue weighted by molar-refractivity contribution is 7.16. The number of nitrogens with zero attached hydrogens (tertiary/aromatic N) is 1. The number of rotatable bonds is 6. The number of amides is 1. The van der Waals surface area contributed by atoms with Gasteiger partial charge in [0.1, 0.15) is 10.8 Å². The number of nitrogens with one attached hydrogen (secondary N) is 2. The van der Waals surface area contributed by atoms with Crippen molar-refractivity contribution >= 4 is 28.1 Å². The number of thiophene rings is 1. The molecule has 1 unspecified atom stereocenters. The average molecular weight is 462 g/mol. The first-order valence-corrected chi connectivity index (χ1v) is 11.3. The molecule has 1 aromatic carbocycles. The van der Waals surface area contributed by atoms with Gasteiger partial charge >= 0.3 is 0 Å². The molecule has 168 valence electrons. The largest absolute Gasteiger partial charge is 0.459 e. The molecule has 33 heavy (non-hydrogen) atoms. The highest BCUT2D eigenvalue weighted by Crippen LogP contribution is 2.43. The summed E-state index contributed by atoms with van der Waals surface area (Å²) in [6.45, 7) is 6.34. The highest BCUT2D eigenvalue weighted by atomic mass is 32.1. The van der Waals surface area contributed by atoms with Crippen molar-refractivity contribution in [1.82, 2.24) is 4.98 Å². The van der Waals surface area contributed by atoms with Crippen molar-refractivity contribution in [2.24, 2.45) is 0 Å². The first-order valence-electron chi connectivity index (χ1n) is 10.5. The molecule has 3 aromatic heterocycles. The van der Waals surface area contributed by atoms with E-state index in [9.17, 15) is 4.79 Å². The summed E-state index contributed by atoms with van der Waals surface area (Å²) in [6, 6.07) is 12.9. The average Bonchev–Trinajstić information content (AvgIpc) is 3.54. The molecule has 2 N–H and O–H groups in total. The number of aryl methyl sites for hydroxylation is 2. The summed E-state index contributed by atoms with van der Waals surface area (Å²) in [4.78, 5) is 18.4. The third-order valence-electron chi connectivity index (χ3n) is 5.63. The van der Waals surface area contributed by atoms with Crippen molar-refractivity contribution in [3.63, 3.8) is 0 Å². The molecule has 0 aliphatic carbocycles. The Morgan fingerprint density at radius 3 is 2.73 bits per heavy atom. The minimum Gasteiger partial charge on any atom is -0.459 e. The van der Waals surface area contributed by atoms with Gasteiger partial charge in [-0.1, -0.05) is 6.07 Å². The minimum absolute atomic E-state index is 0.206. The number of pyridine rings is 1. The Morgan fingerprint density at radius 1 is 1.09 bits per heavy atom. The number of ether oxygens (including phenoxy) is 2. The molecule has 0 spiro atoms. The molecule has 1 aliphatic rings. The van der Waals surface area contributed by atoms with Gasteiger partial charge < -0.3 is 24.5 Å². The molecule has 0 bridgehead atoms. The quantitative estimate of drug-likeness (QED) is 0.375. The third kappa shape index (κ3) is 4.17. The van der Waals surface area contributed by atoms with Gasteiger partial charge in [0.25, 0.3) is 5.91 Å². The Kier molecular flexibility index (Phi) is 5.51. The van der Waals surface area contributed by atoms with Gasteiger partial charge in [-0.05, 0) is 73.9 Å². The summed E-state index contributed by atoms with van der Waals surface area (Å²) in [5, 5.41) is 7.37. The molecule has 0 saturated carbocycles. The van der Waals surface area contributed by atoms with Crippen molar-refractivity contribution in [1.29, 1.82) is 0 Å². The monoisotopic (exact) mass is 461 g/mol. The van der Waals surface area contributed by atoms with E-state index in [4.69, 9.17) is 13.9 Å². The minimum atomic E-state index is -0.291. The zero-order valence-corrected chi connectivity index (χ0v) is 19.3. The van der Waals surface area contributed by atoms with E-state index in [0.29, 0.717) is 5.75 Å². The molecular weight excluding hydrogens is 438 g/mol. The molecule has 0 saturated heterocycles. The SMILES string of the molecule is Cc1ccnc(NC(c2ccc3c(c2)OCO3)c2c(NC(=O)c3ccco3)sc(C)c2C)c1. The van der Waals surface area contributed by atoms with Gasteiger partial charge in [-0.25, -0.2) is 4.98 Å². The molecule has 1 atom stereocenters. The van der Waals surface area contributed by atoms with Gasteiger partial charge in [-0.2, -0.15) is 0 Å². The van der Waals surface area contributed by atoms with Crippen LogP contribution in [0.1, 0.15) is 43.7 Å². The predicted molar refractivity (Wildman–Crippen MR) is 127 cm³/mol. The molecule has 7 nitrogen and oxygen atoms in total. The van der Waals surface area contributed by atoms with Crippen LogP contribution in [0.3, 0.4) is 0 Å². The van der Waals surface area contributed by atoms with Crippen molar-refractivity contribution in [2.75, 3.05) is 17.4 Å². The fourth-order valence-corrected chi connectivity index (χ4v) is 4.93. The summed E-state index contributed by atoms with van der Waals surface area (Å²) in [5.41, 5.74) is 4.13. The summed E-state index contributed by atoms with van der Waals surface area (Å²) in [5.74, 6) is 2.13. The lowest BCUT2D eigenvalue weighted by Crippen LogP contribution is -2.17. The van der Waals surface area contributed by atoms with E-state index in [1.165, 1.54) is 17.6 Å². The normalized spacial score (nSPS) is 13.1. The van der Waals surface area contributed by atoms with Gasteiger partial charge in [-0.3, -0.25) is 4.79 Å². The van der Waals surface area contributed by atoms with Crippen LogP contribution < -0.4 is 20.1 Å². The molecule has 4 aromatic rings. The molecule has 4 heterocycles. The standard InChI is InChI=1S/C25H23N3O4S/c1-14-8-9-26-21(11-14)27-23(17-6-7-18-20(12-17)32-13-31-18)22-15(2)16(3)33-25(22)28-24(29)19-5-4-10-30-19/h4-12,23H,13H2,1-3H3,(H,26,27)(H,28,29). The van der Waals surface area contributed by atoms with Crippen LogP contribution in [0.15, 0.2) is 59.3 Å². The second-order valence-corrected chi connectivity index (χ2v) is 9.09. The van der Waals surface area contributed by atoms with E-state index in [2.05, 4.69) is 22.5 Å². The van der Waals surface area contributed by atoms with Crippen molar-refractivity contribution < 1.29 is 18.7 Å². The number of benzene rings is 1. The molecule has 1 aliphatic heterocycles. The summed E-state index contributed by atoms with van der Waals surface area (Å²) < 4.78 is 16.4. The molecule has 1 amide bonds. The molecular formula is C25H23N3O4S. The fraction of sp³-hybridized carbons (Fsp3) is 0.200. The number of hydrogen-bond acceptors (Lipinski definition) is 7. The van der Waals surface area contributed by atoms with Crippen LogP contribution in [0, 0.1) is 20.8 Å². The number of fused-ring (bicyclic) bond motifs is 1. The lowest BCUT2D eigenvalue weighted by Gasteiger charge is -2.23. The maximum Gasteiger partial charge on any atom is 0.291 e. The molecule has 5 rings (SSSR count). The Labute approximate surface area is 195 Å². The summed E-state index contributed by atoms with van der Waals surface area (Å²) in [6.07, 6.45) is 3.26. The third-order valence-corrected chi connectivity index (χ3v) is 6.77. The van der Waals surface area contributed by atoms with Crippen LogP contribution in [-0.4, -0.2) is 17.7 Å². The van der Waals surface area contributed by atoms with E-state index in [1.54, 1.807) is 18.3 Å². The number of carbonyl (C=O) groups is 1. The van der Waals surface area contributed by atoms with Crippen molar-refractivity contribution in [2.45, 2.75) is 26.8 Å². The molecule has 0 fully saturated rings. The van der Waals surface area contributed by atoms with E-state index < -0.39 is 0 Å². The smallest absolute Gasteiger partial charge is 0.291 e. The maximum atomic E-state index is 12.8. The Morgan fingerprint density at radius 2 is 1.94 bits per heavy atom. The lowest BCUT2D eigenvalue weighted by atomic mass is 9.96. The molecule has 0 radical (unpaired) electrons. The van der Waals surface area contributed by atoms with Crippen LogP contribution in [0.25, 0.3) is 0 Å². The Bertz CT molecular complexity index is 1310. The van der Waals surface area contributed by atoms with Crippen LogP contribution >= 0.6 is 11.3 Å². The summed E-state index contributed by atoms with van der Waals surface area (Å²) >= 11 is 1.54. The van der Waals surface area contributed by atoms with Crippen molar-refractivity contribution in [3.05, 3.63) is 87.8 Å².